The molecule has 12 heteroatoms. The highest BCUT2D eigenvalue weighted by Gasteiger charge is 2.29. The highest BCUT2D eigenvalue weighted by Crippen LogP contribution is 2.30. The van der Waals surface area contributed by atoms with Crippen molar-refractivity contribution in [3.05, 3.63) is 149 Å². The molecule has 55 heavy (non-hydrogen) atoms. The molecule has 1 N–H and O–H groups in total. The number of hydrogen-bond donors (Lipinski definition) is 1. The number of carbonyl (C=O) groups excluding carboxylic acids is 5. The Labute approximate surface area is 318 Å². The maximum absolute atomic E-state index is 13.9. The third-order valence-electron chi connectivity index (χ3n) is 7.73. The molecule has 5 rings (SSSR count). The zero-order valence-electron chi connectivity index (χ0n) is 30.7. The second-order valence-electron chi connectivity index (χ2n) is 13.3. The lowest BCUT2D eigenvalue weighted by Gasteiger charge is -2.19. The molecular weight excluding hydrogens is 706 g/mol. The predicted molar refractivity (Wildman–Crippen MR) is 199 cm³/mol. The summed E-state index contributed by atoms with van der Waals surface area (Å²) in [6.07, 6.45) is -0.536. The minimum absolute atomic E-state index is 0.00337. The Bertz CT molecular complexity index is 2070. The normalized spacial score (nSPS) is 11.5. The van der Waals surface area contributed by atoms with E-state index < -0.39 is 54.5 Å². The molecule has 0 spiro atoms. The van der Waals surface area contributed by atoms with E-state index in [1.165, 1.54) is 24.3 Å². The Kier molecular flexibility index (Phi) is 13.6. The van der Waals surface area contributed by atoms with Crippen molar-refractivity contribution in [2.24, 2.45) is 0 Å². The summed E-state index contributed by atoms with van der Waals surface area (Å²) in [5.41, 5.74) is 1.76. The Morgan fingerprint density at radius 1 is 0.655 bits per heavy atom. The van der Waals surface area contributed by atoms with E-state index in [-0.39, 0.29) is 42.7 Å². The average molecular weight is 748 g/mol. The number of rotatable bonds is 16. The maximum atomic E-state index is 13.9. The number of furan rings is 1. The van der Waals surface area contributed by atoms with Crippen LogP contribution in [0.1, 0.15) is 64.8 Å². The van der Waals surface area contributed by atoms with Gasteiger partial charge in [0, 0.05) is 5.56 Å². The average Bonchev–Trinajstić information content (AvgIpc) is 3.69. The molecule has 0 unspecified atom stereocenters. The summed E-state index contributed by atoms with van der Waals surface area (Å²) in [5.74, 6) is -3.70. The highest BCUT2D eigenvalue weighted by atomic mass is 16.6. The van der Waals surface area contributed by atoms with E-state index in [2.05, 4.69) is 5.32 Å². The summed E-state index contributed by atoms with van der Waals surface area (Å²) in [5, 5.41) is 2.58. The molecule has 0 radical (unpaired) electrons. The molecule has 1 amide bonds. The summed E-state index contributed by atoms with van der Waals surface area (Å²) in [4.78, 5) is 65.6. The third-order valence-corrected chi connectivity index (χ3v) is 7.73. The molecular formula is C43H41NO11. The van der Waals surface area contributed by atoms with Gasteiger partial charge in [-0.15, -0.1) is 0 Å². The number of esters is 4. The predicted octanol–water partition coefficient (Wildman–Crippen LogP) is 7.00. The van der Waals surface area contributed by atoms with Gasteiger partial charge in [0.15, 0.2) is 6.61 Å². The number of nitrogens with one attached hydrogen (secondary N) is 1. The van der Waals surface area contributed by atoms with Gasteiger partial charge in [0.25, 0.3) is 5.91 Å². The Balaban J connectivity index is 1.36. The van der Waals surface area contributed by atoms with Gasteiger partial charge in [0.05, 0.1) is 12.0 Å². The molecule has 0 fully saturated rings. The minimum atomic E-state index is -1.45. The van der Waals surface area contributed by atoms with Gasteiger partial charge in [0.2, 0.25) is 5.76 Å². The van der Waals surface area contributed by atoms with Crippen molar-refractivity contribution < 1.29 is 52.1 Å². The lowest BCUT2D eigenvalue weighted by atomic mass is 10.1. The van der Waals surface area contributed by atoms with E-state index in [1.807, 2.05) is 30.3 Å². The van der Waals surface area contributed by atoms with E-state index in [0.29, 0.717) is 11.1 Å². The zero-order chi connectivity index (χ0) is 39.2. The maximum Gasteiger partial charge on any atom is 0.374 e. The van der Waals surface area contributed by atoms with Crippen LogP contribution in [-0.2, 0) is 53.2 Å². The van der Waals surface area contributed by atoms with Crippen molar-refractivity contribution in [3.8, 4) is 17.1 Å². The number of benzene rings is 4. The topological polar surface area (TPSA) is 157 Å². The summed E-state index contributed by atoms with van der Waals surface area (Å²) in [7, 11) is 0. The minimum Gasteiger partial charge on any atom is -0.481 e. The van der Waals surface area contributed by atoms with E-state index in [4.69, 9.17) is 28.1 Å². The van der Waals surface area contributed by atoms with Crippen LogP contribution in [0.5, 0.6) is 5.75 Å². The Morgan fingerprint density at radius 3 is 1.76 bits per heavy atom. The van der Waals surface area contributed by atoms with E-state index in [9.17, 15) is 24.0 Å². The van der Waals surface area contributed by atoms with Crippen LogP contribution in [0.4, 0.5) is 0 Å². The summed E-state index contributed by atoms with van der Waals surface area (Å²) >= 11 is 0. The molecule has 12 nitrogen and oxygen atoms in total. The van der Waals surface area contributed by atoms with Crippen LogP contribution in [0.3, 0.4) is 0 Å². The van der Waals surface area contributed by atoms with Crippen LogP contribution in [0.25, 0.3) is 11.3 Å². The molecule has 4 aromatic carbocycles. The molecule has 0 saturated carbocycles. The standard InChI is InChI=1S/C43H41NO11/c1-43(2,3)55-42(49)36-22-21-35(54-36)32-19-20-33(37(23-32)50-28-39(46)52-26-30-15-9-5-10-16-30)40(47)44-34(41(48)53-27-31-17-11-6-12-18-31)24-38(45)51-25-29-13-7-4-8-14-29/h4-23,34H,24-28H2,1-3H3,(H,44,47)/t34-/m0/s1. The molecule has 0 aliphatic carbocycles. The van der Waals surface area contributed by atoms with Crippen LogP contribution in [0.15, 0.2) is 126 Å². The lowest BCUT2D eigenvalue weighted by Crippen LogP contribution is -2.43. The summed E-state index contributed by atoms with van der Waals surface area (Å²) in [6, 6.07) is 32.9. The second-order valence-corrected chi connectivity index (χ2v) is 13.3. The first-order valence-corrected chi connectivity index (χ1v) is 17.4. The van der Waals surface area contributed by atoms with Gasteiger partial charge in [-0.3, -0.25) is 9.59 Å². The number of amides is 1. The molecule has 0 bridgehead atoms. The quantitative estimate of drug-likeness (QED) is 0.0819. The van der Waals surface area contributed by atoms with Crippen LogP contribution in [0.2, 0.25) is 0 Å². The van der Waals surface area contributed by atoms with Crippen LogP contribution < -0.4 is 10.1 Å². The van der Waals surface area contributed by atoms with Gasteiger partial charge in [-0.2, -0.15) is 0 Å². The molecule has 0 saturated heterocycles. The van der Waals surface area contributed by atoms with E-state index in [1.54, 1.807) is 87.5 Å². The third kappa shape index (κ3) is 12.5. The molecule has 284 valence electrons. The lowest BCUT2D eigenvalue weighted by molar-refractivity contribution is -0.153. The fraction of sp³-hybridized carbons (Fsp3) is 0.233. The van der Waals surface area contributed by atoms with Crippen molar-refractivity contribution in [2.75, 3.05) is 6.61 Å². The zero-order valence-corrected chi connectivity index (χ0v) is 30.7. The Hall–Kier alpha value is -6.69. The SMILES string of the molecule is CC(C)(C)OC(=O)c1ccc(-c2ccc(C(=O)N[C@@H](CC(=O)OCc3ccccc3)C(=O)OCc3ccccc3)c(OCC(=O)OCc3ccccc3)c2)o1. The Morgan fingerprint density at radius 2 is 1.20 bits per heavy atom. The summed E-state index contributed by atoms with van der Waals surface area (Å²) < 4.78 is 33.2. The monoisotopic (exact) mass is 747 g/mol. The van der Waals surface area contributed by atoms with Gasteiger partial charge < -0.3 is 33.4 Å². The molecule has 0 aliphatic heterocycles. The van der Waals surface area contributed by atoms with Gasteiger partial charge in [-0.1, -0.05) is 97.1 Å². The fourth-order valence-electron chi connectivity index (χ4n) is 5.05. The van der Waals surface area contributed by atoms with Gasteiger partial charge in [0.1, 0.15) is 43.0 Å². The van der Waals surface area contributed by atoms with E-state index in [0.717, 1.165) is 11.1 Å². The molecule has 0 aliphatic rings. The van der Waals surface area contributed by atoms with Gasteiger partial charge >= 0.3 is 23.9 Å². The molecule has 1 heterocycles. The van der Waals surface area contributed by atoms with Crippen molar-refractivity contribution in [3.63, 3.8) is 0 Å². The van der Waals surface area contributed by atoms with Crippen LogP contribution >= 0.6 is 0 Å². The van der Waals surface area contributed by atoms with Gasteiger partial charge in [-0.25, -0.2) is 14.4 Å². The van der Waals surface area contributed by atoms with Crippen molar-refractivity contribution in [1.29, 1.82) is 0 Å². The fourth-order valence-corrected chi connectivity index (χ4v) is 5.05. The first-order valence-electron chi connectivity index (χ1n) is 17.4. The largest absolute Gasteiger partial charge is 0.481 e. The van der Waals surface area contributed by atoms with Crippen molar-refractivity contribution in [2.45, 2.75) is 58.7 Å². The smallest absolute Gasteiger partial charge is 0.374 e. The number of carbonyl (C=O) groups is 5. The van der Waals surface area contributed by atoms with Crippen LogP contribution in [0, 0.1) is 0 Å². The second kappa shape index (κ2) is 18.9. The highest BCUT2D eigenvalue weighted by molar-refractivity contribution is 6.00. The number of hydrogen-bond acceptors (Lipinski definition) is 11. The van der Waals surface area contributed by atoms with Crippen LogP contribution in [-0.4, -0.2) is 48.0 Å². The molecule has 1 atom stereocenters. The van der Waals surface area contributed by atoms with Gasteiger partial charge in [-0.05, 0) is 61.7 Å². The molecule has 1 aromatic heterocycles. The first kappa shape index (κ1) is 39.5. The molecule has 5 aromatic rings. The van der Waals surface area contributed by atoms with Crippen molar-refractivity contribution in [1.82, 2.24) is 5.32 Å². The summed E-state index contributed by atoms with van der Waals surface area (Å²) in [6.45, 7) is 4.47. The van der Waals surface area contributed by atoms with E-state index >= 15 is 0 Å². The first-order chi connectivity index (χ1) is 26.4. The number of ether oxygens (including phenoxy) is 5. The van der Waals surface area contributed by atoms with Crippen molar-refractivity contribution >= 4 is 29.8 Å².